The summed E-state index contributed by atoms with van der Waals surface area (Å²) in [7, 11) is 0. The molecule has 18 heavy (non-hydrogen) atoms. The van der Waals surface area contributed by atoms with Crippen molar-refractivity contribution in [3.63, 3.8) is 0 Å². The summed E-state index contributed by atoms with van der Waals surface area (Å²) in [4.78, 5) is 36.5. The summed E-state index contributed by atoms with van der Waals surface area (Å²) in [6.45, 7) is 2.07. The van der Waals surface area contributed by atoms with Crippen molar-refractivity contribution in [3.05, 3.63) is 0 Å². The number of hydrogen-bond acceptors (Lipinski definition) is 4. The Bertz CT molecular complexity index is 372. The molecule has 0 radical (unpaired) electrons. The molecule has 0 aromatic rings. The van der Waals surface area contributed by atoms with E-state index in [1.165, 1.54) is 11.8 Å². The molecule has 0 atom stereocenters. The van der Waals surface area contributed by atoms with E-state index in [0.717, 1.165) is 17.7 Å². The molecular weight excluding hydrogens is 254 g/mol. The number of amides is 2. The molecule has 0 spiro atoms. The molecule has 1 saturated heterocycles. The monoisotopic (exact) mass is 271 g/mol. The first kappa shape index (κ1) is 13.4. The highest BCUT2D eigenvalue weighted by molar-refractivity contribution is 8.00. The van der Waals surface area contributed by atoms with Crippen LogP contribution in [0.5, 0.6) is 0 Å². The zero-order valence-corrected chi connectivity index (χ0v) is 11.2. The number of carboxylic acid groups (broad SMARTS) is 1. The van der Waals surface area contributed by atoms with Crippen LogP contribution in [0, 0.1) is 5.92 Å². The lowest BCUT2D eigenvalue weighted by molar-refractivity contribution is -0.168. The van der Waals surface area contributed by atoms with Crippen LogP contribution in [0.2, 0.25) is 0 Å². The molecule has 0 aromatic heterocycles. The Balaban J connectivity index is 2.32. The smallest absolute Gasteiger partial charge is 0.330 e. The molecule has 2 amide bonds. The van der Waals surface area contributed by atoms with Gasteiger partial charge in [-0.3, -0.25) is 14.5 Å². The van der Waals surface area contributed by atoms with Crippen molar-refractivity contribution in [1.82, 2.24) is 4.90 Å². The van der Waals surface area contributed by atoms with Gasteiger partial charge in [-0.1, -0.05) is 6.92 Å². The highest BCUT2D eigenvalue weighted by Crippen LogP contribution is 2.38. The van der Waals surface area contributed by atoms with Gasteiger partial charge in [0.2, 0.25) is 11.8 Å². The summed E-state index contributed by atoms with van der Waals surface area (Å²) in [5.41, 5.74) is -1.29. The van der Waals surface area contributed by atoms with E-state index in [1.807, 2.05) is 0 Å². The Morgan fingerprint density at radius 3 is 2.22 bits per heavy atom. The average molecular weight is 271 g/mol. The van der Waals surface area contributed by atoms with Crippen molar-refractivity contribution in [2.24, 2.45) is 5.92 Å². The van der Waals surface area contributed by atoms with Crippen LogP contribution in [0.3, 0.4) is 0 Å². The first-order valence-corrected chi connectivity index (χ1v) is 7.30. The molecule has 6 heteroatoms. The Hall–Kier alpha value is -1.04. The van der Waals surface area contributed by atoms with Gasteiger partial charge in [0.15, 0.2) is 0 Å². The topological polar surface area (TPSA) is 74.7 Å². The Morgan fingerprint density at radius 2 is 1.78 bits per heavy atom. The quantitative estimate of drug-likeness (QED) is 0.762. The molecule has 2 aliphatic rings. The fourth-order valence-electron chi connectivity index (χ4n) is 2.74. The van der Waals surface area contributed by atoms with Gasteiger partial charge in [0.1, 0.15) is 5.54 Å². The van der Waals surface area contributed by atoms with Crippen molar-refractivity contribution in [2.75, 3.05) is 11.5 Å². The van der Waals surface area contributed by atoms with Crippen LogP contribution in [-0.2, 0) is 14.4 Å². The van der Waals surface area contributed by atoms with Crippen LogP contribution < -0.4 is 0 Å². The Kier molecular flexibility index (Phi) is 3.66. The zero-order chi connectivity index (χ0) is 13.3. The Labute approximate surface area is 110 Å². The van der Waals surface area contributed by atoms with E-state index in [9.17, 15) is 19.5 Å². The van der Waals surface area contributed by atoms with Crippen molar-refractivity contribution in [2.45, 2.75) is 38.1 Å². The van der Waals surface area contributed by atoms with Crippen molar-refractivity contribution < 1.29 is 19.5 Å². The summed E-state index contributed by atoms with van der Waals surface area (Å²) in [6, 6.07) is 0. The minimum atomic E-state index is -1.29. The molecule has 1 aliphatic heterocycles. The molecule has 2 rings (SSSR count). The van der Waals surface area contributed by atoms with E-state index in [-0.39, 0.29) is 23.3 Å². The van der Waals surface area contributed by atoms with E-state index in [2.05, 4.69) is 6.92 Å². The number of carbonyl (C=O) groups excluding carboxylic acids is 2. The maximum absolute atomic E-state index is 11.9. The lowest BCUT2D eigenvalue weighted by atomic mass is 9.76. The SMILES string of the molecule is CC1CCC(C(=O)O)(N2C(=O)CSCC2=O)CC1. The van der Waals surface area contributed by atoms with Crippen LogP contribution in [0.4, 0.5) is 0 Å². The summed E-state index contributed by atoms with van der Waals surface area (Å²) in [5.74, 6) is -0.877. The third-order valence-electron chi connectivity index (χ3n) is 3.88. The predicted octanol–water partition coefficient (Wildman–Crippen LogP) is 1.12. The summed E-state index contributed by atoms with van der Waals surface area (Å²) >= 11 is 1.26. The number of aliphatic carboxylic acids is 1. The highest BCUT2D eigenvalue weighted by Gasteiger charge is 2.51. The number of carbonyl (C=O) groups is 3. The van der Waals surface area contributed by atoms with Crippen LogP contribution in [0.25, 0.3) is 0 Å². The van der Waals surface area contributed by atoms with Gasteiger partial charge in [0.25, 0.3) is 0 Å². The maximum atomic E-state index is 11.9. The molecule has 1 heterocycles. The summed E-state index contributed by atoms with van der Waals surface area (Å²) < 4.78 is 0. The van der Waals surface area contributed by atoms with Gasteiger partial charge in [-0.15, -0.1) is 11.8 Å². The van der Waals surface area contributed by atoms with Gasteiger partial charge in [-0.2, -0.15) is 0 Å². The van der Waals surface area contributed by atoms with E-state index >= 15 is 0 Å². The number of rotatable bonds is 2. The van der Waals surface area contributed by atoms with E-state index < -0.39 is 11.5 Å². The fourth-order valence-corrected chi connectivity index (χ4v) is 3.45. The molecule has 100 valence electrons. The maximum Gasteiger partial charge on any atom is 0.330 e. The normalized spacial score (nSPS) is 33.6. The minimum Gasteiger partial charge on any atom is -0.479 e. The first-order chi connectivity index (χ1) is 8.47. The third-order valence-corrected chi connectivity index (χ3v) is 4.78. The van der Waals surface area contributed by atoms with Crippen molar-refractivity contribution in [1.29, 1.82) is 0 Å². The summed E-state index contributed by atoms with van der Waals surface area (Å²) in [6.07, 6.45) is 2.25. The van der Waals surface area contributed by atoms with E-state index in [0.29, 0.717) is 18.8 Å². The third kappa shape index (κ3) is 2.13. The summed E-state index contributed by atoms with van der Waals surface area (Å²) in [5, 5.41) is 9.51. The van der Waals surface area contributed by atoms with Crippen LogP contribution in [0.1, 0.15) is 32.6 Å². The number of thioether (sulfide) groups is 1. The van der Waals surface area contributed by atoms with Gasteiger partial charge >= 0.3 is 5.97 Å². The van der Waals surface area contributed by atoms with Crippen LogP contribution in [-0.4, -0.2) is 44.8 Å². The first-order valence-electron chi connectivity index (χ1n) is 6.14. The van der Waals surface area contributed by atoms with Crippen LogP contribution >= 0.6 is 11.8 Å². The number of carboxylic acids is 1. The average Bonchev–Trinajstić information content (AvgIpc) is 2.31. The second-order valence-electron chi connectivity index (χ2n) is 5.13. The molecule has 0 aromatic carbocycles. The van der Waals surface area contributed by atoms with E-state index in [1.54, 1.807) is 0 Å². The van der Waals surface area contributed by atoms with Gasteiger partial charge < -0.3 is 5.11 Å². The molecule has 2 fully saturated rings. The lowest BCUT2D eigenvalue weighted by Gasteiger charge is -2.44. The minimum absolute atomic E-state index is 0.205. The lowest BCUT2D eigenvalue weighted by Crippen LogP contribution is -2.63. The zero-order valence-electron chi connectivity index (χ0n) is 10.3. The fraction of sp³-hybridized carbons (Fsp3) is 0.750. The van der Waals surface area contributed by atoms with Gasteiger partial charge in [0, 0.05) is 0 Å². The van der Waals surface area contributed by atoms with Crippen molar-refractivity contribution >= 4 is 29.5 Å². The van der Waals surface area contributed by atoms with Gasteiger partial charge in [0.05, 0.1) is 11.5 Å². The van der Waals surface area contributed by atoms with Gasteiger partial charge in [-0.25, -0.2) is 4.79 Å². The van der Waals surface area contributed by atoms with Gasteiger partial charge in [-0.05, 0) is 31.6 Å². The number of hydrogen-bond donors (Lipinski definition) is 1. The largest absolute Gasteiger partial charge is 0.479 e. The molecular formula is C12H17NO4S. The second-order valence-corrected chi connectivity index (χ2v) is 6.12. The second kappa shape index (κ2) is 4.91. The molecule has 0 bridgehead atoms. The number of nitrogens with zero attached hydrogens (tertiary/aromatic N) is 1. The van der Waals surface area contributed by atoms with E-state index in [4.69, 9.17) is 0 Å². The molecule has 1 N–H and O–H groups in total. The predicted molar refractivity (Wildman–Crippen MR) is 67.2 cm³/mol. The number of imide groups is 1. The van der Waals surface area contributed by atoms with Crippen LogP contribution in [0.15, 0.2) is 0 Å². The molecule has 1 aliphatic carbocycles. The standard InChI is InChI=1S/C12H17NO4S/c1-8-2-4-12(5-3-8,11(16)17)13-9(14)6-18-7-10(13)15/h8H,2-7H2,1H3,(H,16,17). The molecule has 5 nitrogen and oxygen atoms in total. The Morgan fingerprint density at radius 1 is 1.28 bits per heavy atom. The highest BCUT2D eigenvalue weighted by atomic mass is 32.2. The molecule has 0 unspecified atom stereocenters. The van der Waals surface area contributed by atoms with Crippen molar-refractivity contribution in [3.8, 4) is 0 Å². The molecule has 1 saturated carbocycles.